The SMILES string of the molecule is CC(C)(C)OC(=O)N1CCN(c2nc(CCCO)cn(-c3ccc(F)cc3)c2=O)CC1.CCOC(=O)CCc1cn(-c2ccc(F)cc2)c(=O)c(N2CCN(C(=O)OC(C)(C)C)CC2)n1.CO.[B].[H-].[Na+]. The fourth-order valence-corrected chi connectivity index (χ4v) is 6.87. The van der Waals surface area contributed by atoms with Crippen molar-refractivity contribution in [2.45, 2.75) is 85.4 Å². The normalized spacial score (nSPS) is 13.6. The quantitative estimate of drug-likeness (QED) is 0.125. The van der Waals surface area contributed by atoms with Crippen LogP contribution in [0.1, 0.15) is 74.1 Å². The summed E-state index contributed by atoms with van der Waals surface area (Å²) in [5.74, 6) is -0.647. The number of aliphatic hydroxyl groups is 2. The molecule has 0 saturated carbocycles. The van der Waals surface area contributed by atoms with Crippen molar-refractivity contribution in [3.05, 3.63) is 105 Å². The van der Waals surface area contributed by atoms with Crippen molar-refractivity contribution < 1.29 is 78.6 Å². The van der Waals surface area contributed by atoms with Gasteiger partial charge in [0, 0.05) is 105 Å². The van der Waals surface area contributed by atoms with E-state index in [1.54, 1.807) is 29.1 Å². The Labute approximate surface area is 427 Å². The number of aryl methyl sites for hydroxylation is 2. The van der Waals surface area contributed by atoms with Crippen molar-refractivity contribution >= 4 is 38.2 Å². The fourth-order valence-electron chi connectivity index (χ4n) is 6.87. The number of carbonyl (C=O) groups is 3. The summed E-state index contributed by atoms with van der Waals surface area (Å²) in [6.45, 7) is 16.2. The van der Waals surface area contributed by atoms with Crippen molar-refractivity contribution in [2.24, 2.45) is 0 Å². The number of aliphatic hydroxyl groups excluding tert-OH is 2. The maximum Gasteiger partial charge on any atom is 1.00 e. The third kappa shape index (κ3) is 18.2. The molecule has 0 aliphatic carbocycles. The number of anilines is 2. The van der Waals surface area contributed by atoms with E-state index in [2.05, 4.69) is 9.97 Å². The molecule has 2 N–H and O–H groups in total. The van der Waals surface area contributed by atoms with Crippen LogP contribution in [0.3, 0.4) is 0 Å². The number of aromatic nitrogens is 4. The summed E-state index contributed by atoms with van der Waals surface area (Å²) in [5.41, 5.74) is 0.366. The Morgan fingerprint density at radius 1 is 0.652 bits per heavy atom. The van der Waals surface area contributed by atoms with E-state index in [1.165, 1.54) is 57.7 Å². The molecule has 0 spiro atoms. The molecule has 0 atom stereocenters. The van der Waals surface area contributed by atoms with Gasteiger partial charge in [0.2, 0.25) is 0 Å². The van der Waals surface area contributed by atoms with E-state index in [1.807, 2.05) is 51.3 Å². The summed E-state index contributed by atoms with van der Waals surface area (Å²) >= 11 is 0. The largest absolute Gasteiger partial charge is 1.00 e. The molecule has 18 nitrogen and oxygen atoms in total. The smallest absolute Gasteiger partial charge is 1.00 e. The summed E-state index contributed by atoms with van der Waals surface area (Å²) < 4.78 is 45.5. The van der Waals surface area contributed by atoms with Gasteiger partial charge in [0.05, 0.1) is 24.4 Å². The van der Waals surface area contributed by atoms with Crippen LogP contribution in [0.15, 0.2) is 70.5 Å². The molecule has 69 heavy (non-hydrogen) atoms. The molecule has 4 aromatic rings. The molecular weight excluding hydrogens is 908 g/mol. The van der Waals surface area contributed by atoms with Gasteiger partial charge < -0.3 is 45.4 Å². The van der Waals surface area contributed by atoms with Crippen LogP contribution in [0.4, 0.5) is 30.0 Å². The van der Waals surface area contributed by atoms with Crippen molar-refractivity contribution in [1.29, 1.82) is 0 Å². The third-order valence-electron chi connectivity index (χ3n) is 10.0. The standard InChI is InChI=1S/C24H31FN4O5.C22H29FN4O4.CH4O.B.Na.H/c1-5-33-20(30)11-8-18-16-29(19-9-6-17(25)7-10-19)22(31)21(26-18)27-12-14-28(15-13-27)23(32)34-24(2,3)4;1-22(2,3)31-21(30)26-12-10-25(11-13-26)19-20(29)27(15-17(24-19)5-4-14-28)18-8-6-16(23)7-9-18;1-2;;;/h6-7,9-10,16H,5,8,11-15H2,1-4H3;6-9,15,28H,4-5,10-14H2,1-3H3;2H,1H3;;;/q;;;;+1;-1. The predicted molar refractivity (Wildman–Crippen MR) is 255 cm³/mol. The molecule has 2 fully saturated rings. The average Bonchev–Trinajstić information content (AvgIpc) is 3.29. The molecule has 2 aliphatic rings. The molecule has 0 bridgehead atoms. The molecule has 371 valence electrons. The number of nitrogens with zero attached hydrogens (tertiary/aromatic N) is 8. The Hall–Kier alpha value is -5.35. The van der Waals surface area contributed by atoms with E-state index >= 15 is 0 Å². The van der Waals surface area contributed by atoms with E-state index in [4.69, 9.17) is 19.3 Å². The van der Waals surface area contributed by atoms with Crippen molar-refractivity contribution in [1.82, 2.24) is 28.9 Å². The number of halogens is 2. The fraction of sp³-hybridized carbons (Fsp3) is 0.511. The minimum atomic E-state index is -0.591. The van der Waals surface area contributed by atoms with Gasteiger partial charge in [-0.05, 0) is 110 Å². The number of rotatable bonds is 11. The van der Waals surface area contributed by atoms with Gasteiger partial charge in [0.1, 0.15) is 22.8 Å². The van der Waals surface area contributed by atoms with E-state index in [0.29, 0.717) is 88.0 Å². The predicted octanol–water partition coefficient (Wildman–Crippen LogP) is 1.62. The van der Waals surface area contributed by atoms with Gasteiger partial charge in [-0.3, -0.25) is 23.5 Å². The number of hydrogen-bond acceptors (Lipinski definition) is 14. The van der Waals surface area contributed by atoms with Crippen molar-refractivity contribution in [2.75, 3.05) is 82.5 Å². The van der Waals surface area contributed by atoms with Gasteiger partial charge >= 0.3 is 47.7 Å². The van der Waals surface area contributed by atoms with Crippen LogP contribution in [0, 0.1) is 11.6 Å². The zero-order chi connectivity index (χ0) is 49.5. The summed E-state index contributed by atoms with van der Waals surface area (Å²) in [7, 11) is 1.00. The number of benzene rings is 2. The molecule has 6 rings (SSSR count). The Bertz CT molecular complexity index is 2390. The average molecular weight is 974 g/mol. The molecular formula is C47H65BF2N8NaO10. The zero-order valence-electron chi connectivity index (χ0n) is 42.2. The Balaban J connectivity index is 0.000000651. The van der Waals surface area contributed by atoms with E-state index in [9.17, 15) is 37.9 Å². The van der Waals surface area contributed by atoms with Gasteiger partial charge in [-0.1, -0.05) is 0 Å². The Morgan fingerprint density at radius 3 is 1.35 bits per heavy atom. The number of hydrogen-bond donors (Lipinski definition) is 2. The van der Waals surface area contributed by atoms with Crippen LogP contribution in [0.5, 0.6) is 0 Å². The van der Waals surface area contributed by atoms with Crippen LogP contribution in [0.25, 0.3) is 11.4 Å². The topological polar surface area (TPSA) is 202 Å². The maximum absolute atomic E-state index is 13.4. The van der Waals surface area contributed by atoms with Crippen molar-refractivity contribution in [3.63, 3.8) is 0 Å². The third-order valence-corrected chi connectivity index (χ3v) is 10.0. The minimum Gasteiger partial charge on any atom is -1.00 e. The van der Waals surface area contributed by atoms with Gasteiger partial charge in [0.25, 0.3) is 11.1 Å². The minimum absolute atomic E-state index is 0. The molecule has 2 aliphatic heterocycles. The molecule has 3 radical (unpaired) electrons. The number of ether oxygens (including phenoxy) is 3. The molecule has 2 aromatic heterocycles. The second-order valence-corrected chi connectivity index (χ2v) is 17.5. The van der Waals surface area contributed by atoms with E-state index in [-0.39, 0.29) is 106 Å². The van der Waals surface area contributed by atoms with Crippen molar-refractivity contribution in [3.8, 4) is 11.4 Å². The first kappa shape index (κ1) is 59.8. The number of piperazine rings is 2. The maximum atomic E-state index is 13.4. The Morgan fingerprint density at radius 2 is 1.01 bits per heavy atom. The molecule has 22 heteroatoms. The number of esters is 1. The van der Waals surface area contributed by atoms with Gasteiger partial charge in [0.15, 0.2) is 11.6 Å². The molecule has 4 heterocycles. The molecule has 0 unspecified atom stereocenters. The summed E-state index contributed by atoms with van der Waals surface area (Å²) in [6.07, 6.45) is 3.84. The van der Waals surface area contributed by atoms with E-state index in [0.717, 1.165) is 7.11 Å². The zero-order valence-corrected chi connectivity index (χ0v) is 43.2. The Kier molecular flexibility index (Phi) is 24.0. The molecule has 2 amide bonds. The summed E-state index contributed by atoms with van der Waals surface area (Å²) in [5, 5.41) is 16.2. The molecule has 2 saturated heterocycles. The van der Waals surface area contributed by atoms with Crippen LogP contribution < -0.4 is 50.5 Å². The number of amides is 2. The van der Waals surface area contributed by atoms with Crippen LogP contribution in [0.2, 0.25) is 0 Å². The second-order valence-electron chi connectivity index (χ2n) is 17.5. The summed E-state index contributed by atoms with van der Waals surface area (Å²) in [6, 6.07) is 11.3. The first-order valence-electron chi connectivity index (χ1n) is 22.2. The van der Waals surface area contributed by atoms with Crippen LogP contribution in [-0.2, 0) is 31.8 Å². The van der Waals surface area contributed by atoms with Gasteiger partial charge in [-0.25, -0.2) is 28.3 Å². The molecule has 2 aromatic carbocycles. The first-order valence-corrected chi connectivity index (χ1v) is 22.2. The van der Waals surface area contributed by atoms with Crippen LogP contribution >= 0.6 is 0 Å². The van der Waals surface area contributed by atoms with Crippen LogP contribution in [-0.4, -0.2) is 150 Å². The number of carbonyl (C=O) groups excluding carboxylic acids is 3. The van der Waals surface area contributed by atoms with E-state index < -0.39 is 23.1 Å². The van der Waals surface area contributed by atoms with Gasteiger partial charge in [-0.2, -0.15) is 0 Å². The summed E-state index contributed by atoms with van der Waals surface area (Å²) in [4.78, 5) is 79.0. The van der Waals surface area contributed by atoms with Gasteiger partial charge in [-0.15, -0.1) is 0 Å². The monoisotopic (exact) mass is 973 g/mol. The second kappa shape index (κ2) is 27.7. The first-order chi connectivity index (χ1) is 31.7.